The highest BCUT2D eigenvalue weighted by molar-refractivity contribution is 5.95. The summed E-state index contributed by atoms with van der Waals surface area (Å²) in [5, 5.41) is 16.4. The molecule has 1 aromatic carbocycles. The molecule has 1 atom stereocenters. The first-order valence-electron chi connectivity index (χ1n) is 8.61. The monoisotopic (exact) mass is 376 g/mol. The first-order chi connectivity index (χ1) is 12.8. The fourth-order valence-corrected chi connectivity index (χ4v) is 3.52. The smallest absolute Gasteiger partial charge is 0.254 e. The van der Waals surface area contributed by atoms with Crippen molar-refractivity contribution in [2.75, 3.05) is 6.54 Å². The predicted molar refractivity (Wildman–Crippen MR) is 90.2 cm³/mol. The number of amides is 2. The second-order valence-electron chi connectivity index (χ2n) is 6.99. The van der Waals surface area contributed by atoms with E-state index >= 15 is 0 Å². The number of hydrogen-bond acceptors (Lipinski definition) is 4. The van der Waals surface area contributed by atoms with Gasteiger partial charge < -0.3 is 15.3 Å². The zero-order valence-electron chi connectivity index (χ0n) is 14.3. The summed E-state index contributed by atoms with van der Waals surface area (Å²) >= 11 is 0. The number of hydrogen-bond donors (Lipinski definition) is 2. The Labute approximate surface area is 153 Å². The lowest BCUT2D eigenvalue weighted by Gasteiger charge is -2.38. The van der Waals surface area contributed by atoms with E-state index in [1.165, 1.54) is 27.9 Å². The van der Waals surface area contributed by atoms with Crippen LogP contribution in [0.3, 0.4) is 0 Å². The summed E-state index contributed by atoms with van der Waals surface area (Å²) in [6, 6.07) is 6.33. The van der Waals surface area contributed by atoms with Gasteiger partial charge in [0.05, 0.1) is 18.8 Å². The first-order valence-corrected chi connectivity index (χ1v) is 8.61. The van der Waals surface area contributed by atoms with E-state index in [0.717, 1.165) is 0 Å². The van der Waals surface area contributed by atoms with Gasteiger partial charge in [0.25, 0.3) is 11.8 Å². The maximum absolute atomic E-state index is 13.0. The van der Waals surface area contributed by atoms with Gasteiger partial charge in [0.15, 0.2) is 0 Å². The highest BCUT2D eigenvalue weighted by atomic mass is 19.3. The van der Waals surface area contributed by atoms with Gasteiger partial charge in [-0.05, 0) is 24.3 Å². The first kappa shape index (κ1) is 17.4. The van der Waals surface area contributed by atoms with Crippen LogP contribution in [0.1, 0.15) is 34.9 Å². The highest BCUT2D eigenvalue weighted by Gasteiger charge is 2.47. The van der Waals surface area contributed by atoms with Crippen molar-refractivity contribution in [3.05, 3.63) is 47.8 Å². The van der Waals surface area contributed by atoms with Crippen LogP contribution in [0.4, 0.5) is 8.78 Å². The number of rotatable bonds is 3. The Bertz CT molecular complexity index is 890. The molecule has 2 heterocycles. The van der Waals surface area contributed by atoms with E-state index in [1.807, 2.05) is 0 Å². The van der Waals surface area contributed by atoms with Crippen molar-refractivity contribution in [2.45, 2.75) is 37.4 Å². The zero-order valence-corrected chi connectivity index (χ0v) is 14.3. The highest BCUT2D eigenvalue weighted by Crippen LogP contribution is 2.37. The van der Waals surface area contributed by atoms with Crippen molar-refractivity contribution in [3.8, 4) is 5.75 Å². The van der Waals surface area contributed by atoms with Gasteiger partial charge in [-0.3, -0.25) is 14.3 Å². The van der Waals surface area contributed by atoms with Crippen molar-refractivity contribution < 1.29 is 23.5 Å². The molecule has 4 rings (SSSR count). The third-order valence-corrected chi connectivity index (χ3v) is 4.91. The summed E-state index contributed by atoms with van der Waals surface area (Å²) in [6.45, 7) is 0.331. The molecular formula is C18H18F2N4O3. The molecule has 1 aliphatic heterocycles. The summed E-state index contributed by atoms with van der Waals surface area (Å²) < 4.78 is 27.6. The Hall–Kier alpha value is -2.97. The lowest BCUT2D eigenvalue weighted by atomic mass is 9.88. The Kier molecular flexibility index (Phi) is 4.09. The minimum absolute atomic E-state index is 0.0249. The molecule has 1 unspecified atom stereocenters. The van der Waals surface area contributed by atoms with Gasteiger partial charge in [0, 0.05) is 30.6 Å². The number of alkyl halides is 2. The molecule has 7 nitrogen and oxygen atoms in total. The van der Waals surface area contributed by atoms with E-state index in [4.69, 9.17) is 0 Å². The normalized spacial score (nSPS) is 21.3. The minimum Gasteiger partial charge on any atom is -0.508 e. The van der Waals surface area contributed by atoms with E-state index in [9.17, 15) is 23.5 Å². The zero-order chi connectivity index (χ0) is 19.2. The van der Waals surface area contributed by atoms with Crippen molar-refractivity contribution in [1.29, 1.82) is 0 Å². The number of aromatic hydroxyl groups is 1. The lowest BCUT2D eigenvalue weighted by molar-refractivity contribution is -0.133. The quantitative estimate of drug-likeness (QED) is 0.854. The van der Waals surface area contributed by atoms with Crippen molar-refractivity contribution in [2.24, 2.45) is 0 Å². The van der Waals surface area contributed by atoms with E-state index in [0.29, 0.717) is 11.3 Å². The van der Waals surface area contributed by atoms with Crippen LogP contribution in [0.15, 0.2) is 36.5 Å². The predicted octanol–water partition coefficient (Wildman–Crippen LogP) is 1.70. The molecule has 9 heteroatoms. The molecule has 0 bridgehead atoms. The fourth-order valence-electron chi connectivity index (χ4n) is 3.52. The number of fused-ring (bicyclic) bond motifs is 1. The third kappa shape index (κ3) is 3.36. The molecule has 27 heavy (non-hydrogen) atoms. The van der Waals surface area contributed by atoms with Gasteiger partial charge in [-0.1, -0.05) is 6.07 Å². The molecule has 142 valence electrons. The molecule has 0 spiro atoms. The van der Waals surface area contributed by atoms with Gasteiger partial charge in [-0.25, -0.2) is 8.78 Å². The van der Waals surface area contributed by atoms with E-state index in [1.54, 1.807) is 18.2 Å². The molecule has 0 radical (unpaired) electrons. The average Bonchev–Trinajstić information content (AvgIpc) is 3.07. The summed E-state index contributed by atoms with van der Waals surface area (Å²) in [6.07, 6.45) is 0.794. The largest absolute Gasteiger partial charge is 0.508 e. The molecule has 2 N–H and O–H groups in total. The summed E-state index contributed by atoms with van der Waals surface area (Å²) in [7, 11) is 0. The number of nitrogens with one attached hydrogen (secondary N) is 1. The van der Waals surface area contributed by atoms with E-state index < -0.39 is 23.9 Å². The molecule has 2 aliphatic rings. The molecule has 1 aliphatic carbocycles. The number of carbonyl (C=O) groups excluding carboxylic acids is 2. The minimum atomic E-state index is -2.72. The summed E-state index contributed by atoms with van der Waals surface area (Å²) in [5.74, 6) is -3.51. The van der Waals surface area contributed by atoms with Crippen LogP contribution in [0.5, 0.6) is 5.75 Å². The van der Waals surface area contributed by atoms with Crippen LogP contribution < -0.4 is 5.32 Å². The Morgan fingerprint density at radius 1 is 1.26 bits per heavy atom. The van der Waals surface area contributed by atoms with E-state index in [-0.39, 0.29) is 37.6 Å². The third-order valence-electron chi connectivity index (χ3n) is 4.91. The van der Waals surface area contributed by atoms with Crippen molar-refractivity contribution in [3.63, 3.8) is 0 Å². The molecular weight excluding hydrogens is 358 g/mol. The average molecular weight is 376 g/mol. The van der Waals surface area contributed by atoms with Crippen LogP contribution in [-0.4, -0.2) is 50.1 Å². The molecule has 0 saturated heterocycles. The Morgan fingerprint density at radius 3 is 2.74 bits per heavy atom. The Morgan fingerprint density at radius 2 is 2.04 bits per heavy atom. The standard InChI is InChI=1S/C18H18F2N4O3/c19-18(20)7-12(8-18)22-16(26)15-10-23(9-13-4-5-21-24(13)15)17(27)11-2-1-3-14(25)6-11/h1-6,12,15,25H,7-10H2,(H,22,26). The number of benzene rings is 1. The topological polar surface area (TPSA) is 87.5 Å². The van der Waals surface area contributed by atoms with Crippen LogP contribution in [-0.2, 0) is 11.3 Å². The van der Waals surface area contributed by atoms with Crippen molar-refractivity contribution >= 4 is 11.8 Å². The van der Waals surface area contributed by atoms with Gasteiger partial charge in [0.2, 0.25) is 5.91 Å². The Balaban J connectivity index is 1.52. The molecule has 2 aromatic rings. The van der Waals surface area contributed by atoms with Gasteiger partial charge in [0.1, 0.15) is 11.8 Å². The van der Waals surface area contributed by atoms with E-state index in [2.05, 4.69) is 10.4 Å². The number of aromatic nitrogens is 2. The maximum Gasteiger partial charge on any atom is 0.254 e. The summed E-state index contributed by atoms with van der Waals surface area (Å²) in [5.41, 5.74) is 0.981. The molecule has 2 amide bonds. The van der Waals surface area contributed by atoms with Crippen LogP contribution >= 0.6 is 0 Å². The van der Waals surface area contributed by atoms with Gasteiger partial charge >= 0.3 is 0 Å². The number of phenolic OH excluding ortho intramolecular Hbond substituents is 1. The number of phenols is 1. The second-order valence-corrected chi connectivity index (χ2v) is 6.99. The molecule has 1 aromatic heterocycles. The summed E-state index contributed by atoms with van der Waals surface area (Å²) in [4.78, 5) is 26.9. The SMILES string of the molecule is O=C(NC1CC(F)(F)C1)C1CN(C(=O)c2cccc(O)c2)Cc2ccnn21. The fraction of sp³-hybridized carbons (Fsp3) is 0.389. The lowest BCUT2D eigenvalue weighted by Crippen LogP contribution is -2.54. The molecule has 1 saturated carbocycles. The number of halogens is 2. The van der Waals surface area contributed by atoms with Gasteiger partial charge in [-0.15, -0.1) is 0 Å². The van der Waals surface area contributed by atoms with Crippen LogP contribution in [0.25, 0.3) is 0 Å². The second kappa shape index (κ2) is 6.33. The maximum atomic E-state index is 13.0. The van der Waals surface area contributed by atoms with Crippen molar-refractivity contribution in [1.82, 2.24) is 20.0 Å². The number of nitrogens with zero attached hydrogens (tertiary/aromatic N) is 3. The number of carbonyl (C=O) groups is 2. The van der Waals surface area contributed by atoms with Gasteiger partial charge in [-0.2, -0.15) is 5.10 Å². The van der Waals surface area contributed by atoms with Crippen LogP contribution in [0, 0.1) is 0 Å². The molecule has 1 fully saturated rings. The van der Waals surface area contributed by atoms with Crippen LogP contribution in [0.2, 0.25) is 0 Å².